The first-order chi connectivity index (χ1) is 11.5. The van der Waals surface area contributed by atoms with Crippen molar-refractivity contribution in [1.82, 2.24) is 14.7 Å². The minimum absolute atomic E-state index is 0.112. The van der Waals surface area contributed by atoms with Crippen LogP contribution in [0.15, 0.2) is 36.5 Å². The SMILES string of the molecule is Cn1nccc1-c1ccc(C(=O)N2CCC[C@@H]3C[C@@]32C(=O)O)cc1. The van der Waals surface area contributed by atoms with Crippen molar-refractivity contribution in [3.8, 4) is 11.3 Å². The zero-order valence-electron chi connectivity index (χ0n) is 13.5. The fourth-order valence-electron chi connectivity index (χ4n) is 3.94. The largest absolute Gasteiger partial charge is 0.479 e. The van der Waals surface area contributed by atoms with Crippen LogP contribution in [-0.4, -0.2) is 43.7 Å². The number of fused-ring (bicyclic) bond motifs is 1. The van der Waals surface area contributed by atoms with Crippen molar-refractivity contribution in [2.24, 2.45) is 13.0 Å². The van der Waals surface area contributed by atoms with Crippen molar-refractivity contribution in [2.75, 3.05) is 6.54 Å². The van der Waals surface area contributed by atoms with Crippen LogP contribution in [0, 0.1) is 5.92 Å². The van der Waals surface area contributed by atoms with Crippen LogP contribution in [0.4, 0.5) is 0 Å². The number of hydrogen-bond donors (Lipinski definition) is 1. The Morgan fingerprint density at radius 3 is 2.62 bits per heavy atom. The molecule has 2 aromatic rings. The lowest BCUT2D eigenvalue weighted by Gasteiger charge is -2.33. The first kappa shape index (κ1) is 14.9. The van der Waals surface area contributed by atoms with Crippen LogP contribution in [0.1, 0.15) is 29.6 Å². The van der Waals surface area contributed by atoms with E-state index >= 15 is 0 Å². The van der Waals surface area contributed by atoms with Gasteiger partial charge in [0.25, 0.3) is 5.91 Å². The maximum absolute atomic E-state index is 12.9. The number of benzene rings is 1. The molecule has 1 amide bonds. The van der Waals surface area contributed by atoms with Crippen LogP contribution < -0.4 is 0 Å². The summed E-state index contributed by atoms with van der Waals surface area (Å²) in [6.45, 7) is 0.519. The smallest absolute Gasteiger partial charge is 0.329 e. The lowest BCUT2D eigenvalue weighted by molar-refractivity contribution is -0.145. The molecule has 0 unspecified atom stereocenters. The number of carboxylic acids is 1. The van der Waals surface area contributed by atoms with Crippen molar-refractivity contribution < 1.29 is 14.7 Å². The van der Waals surface area contributed by atoms with E-state index in [0.717, 1.165) is 24.1 Å². The van der Waals surface area contributed by atoms with Gasteiger partial charge in [0.05, 0.1) is 5.69 Å². The first-order valence-corrected chi connectivity index (χ1v) is 8.18. The van der Waals surface area contributed by atoms with E-state index in [1.54, 1.807) is 27.9 Å². The van der Waals surface area contributed by atoms with E-state index in [9.17, 15) is 14.7 Å². The minimum Gasteiger partial charge on any atom is -0.479 e. The molecule has 1 aliphatic carbocycles. The van der Waals surface area contributed by atoms with Crippen molar-refractivity contribution in [3.05, 3.63) is 42.1 Å². The van der Waals surface area contributed by atoms with Gasteiger partial charge in [-0.25, -0.2) is 4.79 Å². The van der Waals surface area contributed by atoms with Gasteiger partial charge in [0, 0.05) is 25.4 Å². The van der Waals surface area contributed by atoms with Gasteiger partial charge in [-0.1, -0.05) is 12.1 Å². The molecule has 1 N–H and O–H groups in total. The molecule has 2 fully saturated rings. The maximum Gasteiger partial charge on any atom is 0.329 e. The van der Waals surface area contributed by atoms with Gasteiger partial charge in [0.2, 0.25) is 0 Å². The Morgan fingerprint density at radius 1 is 1.25 bits per heavy atom. The third kappa shape index (κ3) is 2.06. The van der Waals surface area contributed by atoms with Crippen LogP contribution in [0.3, 0.4) is 0 Å². The molecule has 1 aromatic carbocycles. The summed E-state index contributed by atoms with van der Waals surface area (Å²) in [5.41, 5.74) is 1.52. The van der Waals surface area contributed by atoms with Crippen LogP contribution in [0.25, 0.3) is 11.3 Å². The molecule has 24 heavy (non-hydrogen) atoms. The van der Waals surface area contributed by atoms with E-state index in [1.807, 2.05) is 25.2 Å². The molecule has 1 saturated carbocycles. The Labute approximate surface area is 139 Å². The van der Waals surface area contributed by atoms with E-state index in [-0.39, 0.29) is 11.8 Å². The first-order valence-electron chi connectivity index (χ1n) is 8.18. The molecule has 2 heterocycles. The highest BCUT2D eigenvalue weighted by atomic mass is 16.4. The van der Waals surface area contributed by atoms with Crippen LogP contribution >= 0.6 is 0 Å². The number of rotatable bonds is 3. The molecule has 6 nitrogen and oxygen atoms in total. The van der Waals surface area contributed by atoms with Gasteiger partial charge in [-0.2, -0.15) is 5.10 Å². The molecular weight excluding hydrogens is 306 g/mol. The Morgan fingerprint density at radius 2 is 2.00 bits per heavy atom. The summed E-state index contributed by atoms with van der Waals surface area (Å²) in [6, 6.07) is 9.21. The van der Waals surface area contributed by atoms with Crippen LogP contribution in [0.2, 0.25) is 0 Å². The third-order valence-corrected chi connectivity index (χ3v) is 5.35. The molecule has 1 aromatic heterocycles. The summed E-state index contributed by atoms with van der Waals surface area (Å²) < 4.78 is 1.77. The Hall–Kier alpha value is -2.63. The number of nitrogens with zero attached hydrogens (tertiary/aromatic N) is 3. The highest BCUT2D eigenvalue weighted by molar-refractivity contribution is 5.99. The zero-order chi connectivity index (χ0) is 16.9. The molecule has 2 aliphatic rings. The molecule has 0 radical (unpaired) electrons. The number of amides is 1. The third-order valence-electron chi connectivity index (χ3n) is 5.35. The lowest BCUT2D eigenvalue weighted by Crippen LogP contribution is -2.51. The van der Waals surface area contributed by atoms with E-state index in [0.29, 0.717) is 18.5 Å². The number of aromatic nitrogens is 2. The number of carbonyl (C=O) groups is 2. The van der Waals surface area contributed by atoms with Gasteiger partial charge in [-0.15, -0.1) is 0 Å². The summed E-state index contributed by atoms with van der Waals surface area (Å²) >= 11 is 0. The van der Waals surface area contributed by atoms with E-state index in [4.69, 9.17) is 0 Å². The molecule has 4 rings (SSSR count). The standard InChI is InChI=1S/C18H19N3O3/c1-20-15(8-9-19-20)12-4-6-13(7-5-12)16(22)21-10-2-3-14-11-18(14,21)17(23)24/h4-9,14H,2-3,10-11H2,1H3,(H,23,24)/t14-,18+/m1/s1. The highest BCUT2D eigenvalue weighted by Crippen LogP contribution is 2.54. The van der Waals surface area contributed by atoms with Gasteiger partial charge in [-0.3, -0.25) is 9.48 Å². The van der Waals surface area contributed by atoms with Crippen molar-refractivity contribution in [2.45, 2.75) is 24.8 Å². The normalized spacial score (nSPS) is 25.2. The van der Waals surface area contributed by atoms with Gasteiger partial charge in [0.15, 0.2) is 0 Å². The monoisotopic (exact) mass is 325 g/mol. The fraction of sp³-hybridized carbons (Fsp3) is 0.389. The molecule has 1 aliphatic heterocycles. The number of piperidine rings is 1. The predicted molar refractivity (Wildman–Crippen MR) is 87.4 cm³/mol. The van der Waals surface area contributed by atoms with Crippen molar-refractivity contribution in [1.29, 1.82) is 0 Å². The van der Waals surface area contributed by atoms with Gasteiger partial charge in [-0.05, 0) is 48.9 Å². The Kier molecular flexibility index (Phi) is 3.23. The predicted octanol–water partition coefficient (Wildman–Crippen LogP) is 2.17. The second-order valence-electron chi connectivity index (χ2n) is 6.65. The van der Waals surface area contributed by atoms with E-state index in [1.165, 1.54) is 0 Å². The maximum atomic E-state index is 12.9. The minimum atomic E-state index is -0.962. The molecule has 0 bridgehead atoms. The molecule has 124 valence electrons. The molecular formula is C18H19N3O3. The Bertz CT molecular complexity index is 811. The van der Waals surface area contributed by atoms with Gasteiger partial charge < -0.3 is 10.0 Å². The summed E-state index contributed by atoms with van der Waals surface area (Å²) in [4.78, 5) is 26.1. The number of aryl methyl sites for hydroxylation is 1. The summed E-state index contributed by atoms with van der Waals surface area (Å²) in [5.74, 6) is -0.940. The molecule has 6 heteroatoms. The fourth-order valence-corrected chi connectivity index (χ4v) is 3.94. The van der Waals surface area contributed by atoms with Crippen LogP contribution in [-0.2, 0) is 11.8 Å². The topological polar surface area (TPSA) is 75.4 Å². The molecule has 1 saturated heterocycles. The number of carbonyl (C=O) groups excluding carboxylic acids is 1. The number of carboxylic acid groups (broad SMARTS) is 1. The lowest BCUT2D eigenvalue weighted by atomic mass is 10.00. The number of aliphatic carboxylic acids is 1. The van der Waals surface area contributed by atoms with Crippen molar-refractivity contribution >= 4 is 11.9 Å². The highest BCUT2D eigenvalue weighted by Gasteiger charge is 2.66. The summed E-state index contributed by atoms with van der Waals surface area (Å²) in [6.07, 6.45) is 4.08. The average molecular weight is 325 g/mol. The Balaban J connectivity index is 1.61. The second-order valence-corrected chi connectivity index (χ2v) is 6.65. The number of likely N-dealkylation sites (tertiary alicyclic amines) is 1. The quantitative estimate of drug-likeness (QED) is 0.938. The zero-order valence-corrected chi connectivity index (χ0v) is 13.5. The van der Waals surface area contributed by atoms with Crippen molar-refractivity contribution in [3.63, 3.8) is 0 Å². The molecule has 0 spiro atoms. The average Bonchev–Trinajstić information content (AvgIpc) is 3.21. The van der Waals surface area contributed by atoms with E-state index < -0.39 is 11.5 Å². The summed E-state index contributed by atoms with van der Waals surface area (Å²) in [5, 5.41) is 13.7. The van der Waals surface area contributed by atoms with Crippen LogP contribution in [0.5, 0.6) is 0 Å². The summed E-state index contributed by atoms with van der Waals surface area (Å²) in [7, 11) is 1.87. The number of hydrogen-bond acceptors (Lipinski definition) is 3. The van der Waals surface area contributed by atoms with E-state index in [2.05, 4.69) is 5.10 Å². The van der Waals surface area contributed by atoms with Gasteiger partial charge in [0.1, 0.15) is 5.54 Å². The van der Waals surface area contributed by atoms with Gasteiger partial charge >= 0.3 is 5.97 Å². The second kappa shape index (κ2) is 5.19. The molecule has 2 atom stereocenters.